The average molecular weight is 406 g/mol. The summed E-state index contributed by atoms with van der Waals surface area (Å²) in [4.78, 5) is 0. The largest absolute Gasteiger partial charge is 1.00 e. The molecule has 0 heterocycles. The van der Waals surface area contributed by atoms with Crippen molar-refractivity contribution in [1.82, 2.24) is 0 Å². The summed E-state index contributed by atoms with van der Waals surface area (Å²) in [5.74, 6) is 0. The van der Waals surface area contributed by atoms with Crippen LogP contribution in [0.3, 0.4) is 0 Å². The molecule has 0 N–H and O–H groups in total. The monoisotopic (exact) mass is 406 g/mol. The van der Waals surface area contributed by atoms with Gasteiger partial charge in [-0.2, -0.15) is 0 Å². The molecule has 0 aromatic heterocycles. The third kappa shape index (κ3) is 7.25. The summed E-state index contributed by atoms with van der Waals surface area (Å²) in [6.07, 6.45) is 8.58. The van der Waals surface area contributed by atoms with Crippen LogP contribution in [-0.4, -0.2) is 0 Å². The SMILES string of the molecule is C(=Cc1ccc(-c2ccc(C=Cc3ccccc3)cc2)cc1)c1ccccc1.[H-].[H-].[Na+].[Na+]. The molecule has 2 heteroatoms. The minimum atomic E-state index is 0. The van der Waals surface area contributed by atoms with E-state index in [1.165, 1.54) is 33.4 Å². The van der Waals surface area contributed by atoms with Gasteiger partial charge in [0.15, 0.2) is 0 Å². The van der Waals surface area contributed by atoms with E-state index in [1.807, 2.05) is 12.1 Å². The Morgan fingerprint density at radius 1 is 0.333 bits per heavy atom. The maximum absolute atomic E-state index is 2.18. The van der Waals surface area contributed by atoms with Gasteiger partial charge in [0.2, 0.25) is 0 Å². The van der Waals surface area contributed by atoms with E-state index >= 15 is 0 Å². The summed E-state index contributed by atoms with van der Waals surface area (Å²) >= 11 is 0. The molecule has 0 spiro atoms. The zero-order valence-corrected chi connectivity index (χ0v) is 21.7. The Kier molecular flexibility index (Phi) is 10.6. The van der Waals surface area contributed by atoms with Gasteiger partial charge in [-0.25, -0.2) is 0 Å². The number of hydrogen-bond acceptors (Lipinski definition) is 0. The van der Waals surface area contributed by atoms with E-state index in [0.29, 0.717) is 0 Å². The van der Waals surface area contributed by atoms with Crippen molar-refractivity contribution in [2.24, 2.45) is 0 Å². The number of benzene rings is 4. The van der Waals surface area contributed by atoms with Crippen LogP contribution in [0.15, 0.2) is 109 Å². The van der Waals surface area contributed by atoms with Crippen molar-refractivity contribution in [3.05, 3.63) is 131 Å². The van der Waals surface area contributed by atoms with Crippen molar-refractivity contribution in [2.75, 3.05) is 0 Å². The molecule has 4 rings (SSSR count). The molecule has 0 bridgehead atoms. The molecule has 0 saturated carbocycles. The molecule has 0 aliphatic carbocycles. The molecule has 0 unspecified atom stereocenters. The van der Waals surface area contributed by atoms with Crippen LogP contribution in [0.25, 0.3) is 35.4 Å². The molecule has 0 atom stereocenters. The Hall–Kier alpha value is -1.64. The molecule has 4 aromatic carbocycles. The zero-order chi connectivity index (χ0) is 19.0. The van der Waals surface area contributed by atoms with Crippen molar-refractivity contribution in [2.45, 2.75) is 0 Å². The molecule has 0 amide bonds. The molecule has 138 valence electrons. The van der Waals surface area contributed by atoms with Gasteiger partial charge in [-0.05, 0) is 33.4 Å². The second-order valence-corrected chi connectivity index (χ2v) is 6.73. The first kappa shape index (κ1) is 24.6. The third-order valence-corrected chi connectivity index (χ3v) is 4.69. The Morgan fingerprint density at radius 3 is 0.900 bits per heavy atom. The van der Waals surface area contributed by atoms with Crippen molar-refractivity contribution < 1.29 is 62.0 Å². The maximum atomic E-state index is 2.18. The van der Waals surface area contributed by atoms with E-state index in [1.54, 1.807) is 0 Å². The molecule has 0 aliphatic heterocycles. The molecule has 0 aliphatic rings. The number of hydrogen-bond donors (Lipinski definition) is 0. The van der Waals surface area contributed by atoms with Gasteiger partial charge in [-0.15, -0.1) is 0 Å². The zero-order valence-electron chi connectivity index (χ0n) is 19.7. The predicted octanol–water partition coefficient (Wildman–Crippen LogP) is 1.93. The normalized spacial score (nSPS) is 10.5. The van der Waals surface area contributed by atoms with Crippen LogP contribution in [0, 0.1) is 0 Å². The summed E-state index contributed by atoms with van der Waals surface area (Å²) in [6, 6.07) is 38.1. The fourth-order valence-electron chi connectivity index (χ4n) is 3.09. The second-order valence-electron chi connectivity index (χ2n) is 6.73. The van der Waals surface area contributed by atoms with Crippen LogP contribution in [0.1, 0.15) is 25.1 Å². The molecule has 0 radical (unpaired) electrons. The van der Waals surface area contributed by atoms with Gasteiger partial charge in [-0.1, -0.05) is 133 Å². The Bertz CT molecular complexity index is 983. The molecular formula is C28H24Na2. The molecule has 0 nitrogen and oxygen atoms in total. The van der Waals surface area contributed by atoms with Crippen LogP contribution in [0.4, 0.5) is 0 Å². The van der Waals surface area contributed by atoms with Crippen LogP contribution in [0.2, 0.25) is 0 Å². The summed E-state index contributed by atoms with van der Waals surface area (Å²) in [5.41, 5.74) is 7.30. The first-order valence-corrected chi connectivity index (χ1v) is 9.54. The first-order chi connectivity index (χ1) is 13.9. The third-order valence-electron chi connectivity index (χ3n) is 4.69. The van der Waals surface area contributed by atoms with E-state index in [-0.39, 0.29) is 62.0 Å². The van der Waals surface area contributed by atoms with Gasteiger partial charge in [0.25, 0.3) is 0 Å². The summed E-state index contributed by atoms with van der Waals surface area (Å²) in [5, 5.41) is 0. The van der Waals surface area contributed by atoms with Gasteiger partial charge < -0.3 is 2.85 Å². The minimum absolute atomic E-state index is 0. The van der Waals surface area contributed by atoms with Gasteiger partial charge in [0, 0.05) is 0 Å². The van der Waals surface area contributed by atoms with Crippen LogP contribution in [-0.2, 0) is 0 Å². The molecule has 0 fully saturated rings. The van der Waals surface area contributed by atoms with Gasteiger partial charge in [0.05, 0.1) is 0 Å². The molecule has 0 saturated heterocycles. The van der Waals surface area contributed by atoms with Gasteiger partial charge >= 0.3 is 59.1 Å². The second kappa shape index (κ2) is 12.9. The maximum Gasteiger partial charge on any atom is 1.00 e. The summed E-state index contributed by atoms with van der Waals surface area (Å²) in [6.45, 7) is 0. The van der Waals surface area contributed by atoms with E-state index in [9.17, 15) is 0 Å². The van der Waals surface area contributed by atoms with E-state index in [2.05, 4.69) is 121 Å². The van der Waals surface area contributed by atoms with Crippen LogP contribution >= 0.6 is 0 Å². The van der Waals surface area contributed by atoms with Gasteiger partial charge in [-0.3, -0.25) is 0 Å². The standard InChI is InChI=1S/C28H22.2Na.2H/c1-3-7-23(8-4-1)11-13-25-15-19-27(20-16-25)28-21-17-26(18-22-28)14-12-24-9-5-2-6-10-24;;;;/h1-22H;;;;/q;2*+1;2*-1. The van der Waals surface area contributed by atoms with Crippen molar-refractivity contribution in [3.8, 4) is 11.1 Å². The molecule has 4 aromatic rings. The van der Waals surface area contributed by atoms with Crippen LogP contribution < -0.4 is 59.1 Å². The summed E-state index contributed by atoms with van der Waals surface area (Å²) in [7, 11) is 0. The van der Waals surface area contributed by atoms with Crippen LogP contribution in [0.5, 0.6) is 0 Å². The Labute approximate surface area is 226 Å². The Balaban J connectivity index is 0.00000240. The van der Waals surface area contributed by atoms with E-state index in [4.69, 9.17) is 0 Å². The fraction of sp³-hybridized carbons (Fsp3) is 0. The minimum Gasteiger partial charge on any atom is -1.00 e. The topological polar surface area (TPSA) is 0 Å². The van der Waals surface area contributed by atoms with E-state index in [0.717, 1.165) is 0 Å². The van der Waals surface area contributed by atoms with E-state index < -0.39 is 0 Å². The van der Waals surface area contributed by atoms with Gasteiger partial charge in [0.1, 0.15) is 0 Å². The molecule has 30 heavy (non-hydrogen) atoms. The van der Waals surface area contributed by atoms with Crippen molar-refractivity contribution >= 4 is 24.3 Å². The van der Waals surface area contributed by atoms with Crippen molar-refractivity contribution in [3.63, 3.8) is 0 Å². The first-order valence-electron chi connectivity index (χ1n) is 9.54. The quantitative estimate of drug-likeness (QED) is 0.351. The predicted molar refractivity (Wildman–Crippen MR) is 125 cm³/mol. The number of rotatable bonds is 5. The average Bonchev–Trinajstić information content (AvgIpc) is 2.78. The molecular weight excluding hydrogens is 382 g/mol. The fourth-order valence-corrected chi connectivity index (χ4v) is 3.09. The Morgan fingerprint density at radius 2 is 0.600 bits per heavy atom. The smallest absolute Gasteiger partial charge is 1.00 e. The summed E-state index contributed by atoms with van der Waals surface area (Å²) < 4.78 is 0. The van der Waals surface area contributed by atoms with Crippen molar-refractivity contribution in [1.29, 1.82) is 0 Å².